The Morgan fingerprint density at radius 1 is 1.18 bits per heavy atom. The van der Waals surface area contributed by atoms with E-state index in [0.29, 0.717) is 28.3 Å². The Labute approximate surface area is 230 Å². The molecule has 12 heteroatoms. The van der Waals surface area contributed by atoms with Crippen molar-refractivity contribution in [3.8, 4) is 17.5 Å². The van der Waals surface area contributed by atoms with Gasteiger partial charge in [0.1, 0.15) is 18.1 Å². The zero-order valence-corrected chi connectivity index (χ0v) is 22.2. The molecule has 1 saturated heterocycles. The number of carbonyl (C=O) groups is 1. The van der Waals surface area contributed by atoms with Crippen LogP contribution in [0.3, 0.4) is 0 Å². The molecule has 206 valence electrons. The van der Waals surface area contributed by atoms with Gasteiger partial charge < -0.3 is 26.0 Å². The summed E-state index contributed by atoms with van der Waals surface area (Å²) in [6, 6.07) is 13.0. The third-order valence-electron chi connectivity index (χ3n) is 6.72. The Balaban J connectivity index is 1.46. The van der Waals surface area contributed by atoms with E-state index < -0.39 is 17.7 Å². The number of fused-ring (bicyclic) bond motifs is 1. The molecule has 1 fully saturated rings. The maximum atomic E-state index is 14.3. The second-order valence-electron chi connectivity index (χ2n) is 10.1. The molecule has 0 saturated carbocycles. The fraction of sp³-hybridized carbons (Fsp3) is 0.321. The first-order valence-corrected chi connectivity index (χ1v) is 12.9. The number of alkyl halides is 1. The summed E-state index contributed by atoms with van der Waals surface area (Å²) in [4.78, 5) is 24.4. The van der Waals surface area contributed by atoms with E-state index in [1.807, 2.05) is 24.3 Å². The summed E-state index contributed by atoms with van der Waals surface area (Å²) in [6.45, 7) is 5.86. The van der Waals surface area contributed by atoms with Crippen LogP contribution in [-0.2, 0) is 0 Å². The molecule has 5 rings (SSSR count). The number of nitriles is 1. The highest BCUT2D eigenvalue weighted by atomic mass is 19.1. The zero-order valence-electron chi connectivity index (χ0n) is 22.2. The monoisotopic (exact) mass is 543 g/mol. The van der Waals surface area contributed by atoms with Crippen molar-refractivity contribution in [3.63, 3.8) is 0 Å². The number of amides is 1. The third kappa shape index (κ3) is 5.85. The summed E-state index contributed by atoms with van der Waals surface area (Å²) in [5, 5.41) is 32.6. The number of hydrogen-bond acceptors (Lipinski definition) is 9. The molecule has 1 unspecified atom stereocenters. The van der Waals surface area contributed by atoms with Gasteiger partial charge in [-0.05, 0) is 50.2 Å². The van der Waals surface area contributed by atoms with Crippen molar-refractivity contribution in [3.05, 3.63) is 66.1 Å². The molecule has 4 aromatic rings. The van der Waals surface area contributed by atoms with E-state index in [1.54, 1.807) is 22.8 Å². The van der Waals surface area contributed by atoms with Crippen LogP contribution in [0.4, 0.5) is 21.6 Å². The van der Waals surface area contributed by atoms with E-state index in [1.165, 1.54) is 26.2 Å². The standard InChI is InChI=1S/C28H30FN9O2/c1-28(2,40)25(29)17-34-27(39)21-16-32-23(24-5-4-20-11-18(13-30)14-35-38(20)24)12-22(21)36-19-3-6-26(33-15-19)37-9-7-31-8-10-37/h3-6,11-12,14-16,25,31,40H,7-10,17H2,1-2H3,(H,32,36)(H,34,39). The second-order valence-corrected chi connectivity index (χ2v) is 10.1. The fourth-order valence-electron chi connectivity index (χ4n) is 4.36. The molecule has 1 aliphatic heterocycles. The number of nitrogens with zero attached hydrogens (tertiary/aromatic N) is 6. The second kappa shape index (κ2) is 11.3. The Morgan fingerprint density at radius 2 is 1.98 bits per heavy atom. The number of hydrogen-bond donors (Lipinski definition) is 4. The summed E-state index contributed by atoms with van der Waals surface area (Å²) >= 11 is 0. The van der Waals surface area contributed by atoms with E-state index in [2.05, 4.69) is 42.0 Å². The quantitative estimate of drug-likeness (QED) is 0.264. The van der Waals surface area contributed by atoms with Crippen LogP contribution in [0.15, 0.2) is 55.0 Å². The number of anilines is 3. The first-order valence-electron chi connectivity index (χ1n) is 12.9. The molecule has 40 heavy (non-hydrogen) atoms. The van der Waals surface area contributed by atoms with E-state index in [9.17, 15) is 19.6 Å². The minimum atomic E-state index is -1.65. The molecule has 4 aromatic heterocycles. The average molecular weight is 544 g/mol. The van der Waals surface area contributed by atoms with Crippen molar-refractivity contribution in [2.24, 2.45) is 0 Å². The summed E-state index contributed by atoms with van der Waals surface area (Å²) in [6.07, 6.45) is 2.93. The van der Waals surface area contributed by atoms with Crippen LogP contribution < -0.4 is 20.9 Å². The van der Waals surface area contributed by atoms with E-state index in [0.717, 1.165) is 37.5 Å². The van der Waals surface area contributed by atoms with Gasteiger partial charge in [-0.2, -0.15) is 10.4 Å². The van der Waals surface area contributed by atoms with Crippen LogP contribution in [0, 0.1) is 11.3 Å². The molecule has 0 aromatic carbocycles. The van der Waals surface area contributed by atoms with E-state index in [4.69, 9.17) is 0 Å². The summed E-state index contributed by atoms with van der Waals surface area (Å²) in [5.74, 6) is 0.319. The highest BCUT2D eigenvalue weighted by Gasteiger charge is 2.27. The summed E-state index contributed by atoms with van der Waals surface area (Å²) in [5.41, 5.74) is 2.03. The van der Waals surface area contributed by atoms with Crippen LogP contribution >= 0.6 is 0 Å². The minimum Gasteiger partial charge on any atom is -0.387 e. The van der Waals surface area contributed by atoms with Crippen molar-refractivity contribution in [2.75, 3.05) is 42.9 Å². The molecule has 0 aliphatic carbocycles. The number of nitrogens with one attached hydrogen (secondary N) is 3. The lowest BCUT2D eigenvalue weighted by molar-refractivity contribution is -0.00177. The Kier molecular flexibility index (Phi) is 7.59. The first-order chi connectivity index (χ1) is 19.2. The van der Waals surface area contributed by atoms with Gasteiger partial charge in [-0.1, -0.05) is 0 Å². The van der Waals surface area contributed by atoms with Crippen molar-refractivity contribution < 1.29 is 14.3 Å². The topological polar surface area (TPSA) is 144 Å². The Bertz CT molecular complexity index is 1550. The molecule has 0 spiro atoms. The lowest BCUT2D eigenvalue weighted by atomic mass is 10.0. The molecule has 5 heterocycles. The van der Waals surface area contributed by atoms with Gasteiger partial charge >= 0.3 is 0 Å². The van der Waals surface area contributed by atoms with Gasteiger partial charge in [0, 0.05) is 32.4 Å². The first kappa shape index (κ1) is 27.0. The molecule has 1 atom stereocenters. The number of pyridine rings is 2. The van der Waals surface area contributed by atoms with Crippen LogP contribution in [0.25, 0.3) is 16.9 Å². The minimum absolute atomic E-state index is 0.193. The number of rotatable bonds is 8. The molecular formula is C28H30FN9O2. The van der Waals surface area contributed by atoms with Gasteiger partial charge in [-0.3, -0.25) is 9.78 Å². The smallest absolute Gasteiger partial charge is 0.255 e. The van der Waals surface area contributed by atoms with Crippen LogP contribution in [0.5, 0.6) is 0 Å². The van der Waals surface area contributed by atoms with Crippen LogP contribution in [0.2, 0.25) is 0 Å². The molecular weight excluding hydrogens is 513 g/mol. The number of piperazine rings is 1. The molecule has 1 aliphatic rings. The number of halogens is 1. The van der Waals surface area contributed by atoms with Gasteiger partial charge in [0.25, 0.3) is 5.91 Å². The maximum absolute atomic E-state index is 14.3. The molecule has 0 radical (unpaired) electrons. The lowest BCUT2D eigenvalue weighted by Crippen LogP contribution is -2.43. The third-order valence-corrected chi connectivity index (χ3v) is 6.72. The highest BCUT2D eigenvalue weighted by molar-refractivity contribution is 6.00. The van der Waals surface area contributed by atoms with E-state index in [-0.39, 0.29) is 12.1 Å². The van der Waals surface area contributed by atoms with E-state index >= 15 is 0 Å². The summed E-state index contributed by atoms with van der Waals surface area (Å²) in [7, 11) is 0. The van der Waals surface area contributed by atoms with Crippen molar-refractivity contribution >= 4 is 28.6 Å². The largest absolute Gasteiger partial charge is 0.387 e. The Morgan fingerprint density at radius 3 is 2.67 bits per heavy atom. The SMILES string of the molecule is CC(C)(O)C(F)CNC(=O)c1cnc(-c2ccc3cc(C#N)cnn23)cc1Nc1ccc(N2CCNCC2)nc1. The Hall–Kier alpha value is -4.60. The molecule has 0 bridgehead atoms. The number of aliphatic hydroxyl groups is 1. The van der Waals surface area contributed by atoms with Crippen molar-refractivity contribution in [2.45, 2.75) is 25.6 Å². The van der Waals surface area contributed by atoms with Crippen LogP contribution in [0.1, 0.15) is 29.8 Å². The van der Waals surface area contributed by atoms with Gasteiger partial charge in [-0.25, -0.2) is 13.9 Å². The predicted molar refractivity (Wildman–Crippen MR) is 149 cm³/mol. The molecule has 4 N–H and O–H groups in total. The van der Waals surface area contributed by atoms with Gasteiger partial charge in [-0.15, -0.1) is 0 Å². The number of carbonyl (C=O) groups excluding carboxylic acids is 1. The molecule has 11 nitrogen and oxygen atoms in total. The van der Waals surface area contributed by atoms with Crippen LogP contribution in [-0.4, -0.2) is 75.1 Å². The number of aromatic nitrogens is 4. The van der Waals surface area contributed by atoms with Gasteiger partial charge in [0.2, 0.25) is 0 Å². The lowest BCUT2D eigenvalue weighted by Gasteiger charge is -2.28. The van der Waals surface area contributed by atoms with Gasteiger partial charge in [0.05, 0.1) is 63.9 Å². The highest BCUT2D eigenvalue weighted by Crippen LogP contribution is 2.28. The van der Waals surface area contributed by atoms with Crippen molar-refractivity contribution in [1.82, 2.24) is 30.2 Å². The van der Waals surface area contributed by atoms with Gasteiger partial charge in [0.15, 0.2) is 0 Å². The maximum Gasteiger partial charge on any atom is 0.255 e. The zero-order chi connectivity index (χ0) is 28.3. The van der Waals surface area contributed by atoms with Crippen molar-refractivity contribution in [1.29, 1.82) is 5.26 Å². The molecule has 1 amide bonds. The predicted octanol–water partition coefficient (Wildman–Crippen LogP) is 2.65. The average Bonchev–Trinajstić information content (AvgIpc) is 3.39. The fourth-order valence-corrected chi connectivity index (χ4v) is 4.36. The normalized spacial score (nSPS) is 14.5. The summed E-state index contributed by atoms with van der Waals surface area (Å²) < 4.78 is 16.0.